The van der Waals surface area contributed by atoms with Crippen LogP contribution in [0, 0.1) is 6.92 Å². The number of hydrogen-bond acceptors (Lipinski definition) is 3. The molecule has 2 rings (SSSR count). The van der Waals surface area contributed by atoms with Crippen LogP contribution in [0.3, 0.4) is 0 Å². The average Bonchev–Trinajstić information content (AvgIpc) is 2.75. The Morgan fingerprint density at radius 2 is 2.10 bits per heavy atom. The van der Waals surface area contributed by atoms with Gasteiger partial charge in [0.1, 0.15) is 5.15 Å². The Kier molecular flexibility index (Phi) is 5.17. The van der Waals surface area contributed by atoms with Crippen molar-refractivity contribution in [1.29, 1.82) is 0 Å². The van der Waals surface area contributed by atoms with Gasteiger partial charge in [-0.3, -0.25) is 5.43 Å². The van der Waals surface area contributed by atoms with Gasteiger partial charge in [0.15, 0.2) is 5.11 Å². The molecule has 0 bridgehead atoms. The molecule has 0 unspecified atom stereocenters. The van der Waals surface area contributed by atoms with E-state index in [1.807, 2.05) is 25.1 Å². The van der Waals surface area contributed by atoms with Gasteiger partial charge >= 0.3 is 0 Å². The maximum Gasteiger partial charge on any atom is 0.186 e. The Bertz CT molecular complexity index is 696. The van der Waals surface area contributed by atoms with Gasteiger partial charge in [-0.2, -0.15) is 10.2 Å². The zero-order chi connectivity index (χ0) is 15.4. The number of thiocarbonyl (C=S) groups is 1. The minimum Gasteiger partial charge on any atom is -0.364 e. The number of para-hydroxylation sites is 1. The monoisotopic (exact) mass is 341 g/mol. The zero-order valence-electron chi connectivity index (χ0n) is 11.4. The maximum atomic E-state index is 6.36. The van der Waals surface area contributed by atoms with Crippen LogP contribution in [-0.4, -0.2) is 28.2 Å². The average molecular weight is 342 g/mol. The number of benzene rings is 1. The van der Waals surface area contributed by atoms with Crippen molar-refractivity contribution >= 4 is 46.7 Å². The highest BCUT2D eigenvalue weighted by molar-refractivity contribution is 7.80. The molecule has 0 radical (unpaired) electrons. The maximum absolute atomic E-state index is 6.36. The molecule has 0 aliphatic carbocycles. The fourth-order valence-corrected chi connectivity index (χ4v) is 2.24. The van der Waals surface area contributed by atoms with Gasteiger partial charge in [-0.05, 0) is 31.3 Å². The summed E-state index contributed by atoms with van der Waals surface area (Å²) in [5.74, 6) is 0. The first-order valence-electron chi connectivity index (χ1n) is 6.05. The molecule has 2 N–H and O–H groups in total. The minimum atomic E-state index is 0.415. The molecule has 0 spiro atoms. The standard InChI is InChI=1S/C13H13Cl2N5S/c1-8-9(7-17-18-13(21)16-2)12(15)20(19-8)11-6-4-3-5-10(11)14/h3-7H,1-2H3,(H2,16,18,21)/b17-7-. The van der Waals surface area contributed by atoms with Gasteiger partial charge in [0.05, 0.1) is 28.2 Å². The summed E-state index contributed by atoms with van der Waals surface area (Å²) in [6.07, 6.45) is 1.57. The van der Waals surface area contributed by atoms with Crippen LogP contribution in [0.1, 0.15) is 11.3 Å². The molecule has 110 valence electrons. The number of rotatable bonds is 3. The van der Waals surface area contributed by atoms with Gasteiger partial charge in [0.25, 0.3) is 0 Å². The Morgan fingerprint density at radius 1 is 1.38 bits per heavy atom. The number of halogens is 2. The van der Waals surface area contributed by atoms with Gasteiger partial charge in [-0.25, -0.2) is 4.68 Å². The van der Waals surface area contributed by atoms with Crippen LogP contribution < -0.4 is 10.7 Å². The van der Waals surface area contributed by atoms with E-state index < -0.39 is 0 Å². The summed E-state index contributed by atoms with van der Waals surface area (Å²) in [5.41, 5.74) is 4.81. The molecule has 0 amide bonds. The van der Waals surface area contributed by atoms with Crippen molar-refractivity contribution in [2.45, 2.75) is 6.92 Å². The molecule has 0 aliphatic heterocycles. The summed E-state index contributed by atoms with van der Waals surface area (Å²) in [4.78, 5) is 0. The van der Waals surface area contributed by atoms with Crippen molar-refractivity contribution in [1.82, 2.24) is 20.5 Å². The molecule has 8 heteroatoms. The smallest absolute Gasteiger partial charge is 0.186 e. The molecule has 0 aliphatic rings. The SMILES string of the molecule is CNC(=S)N/N=C\c1c(C)nn(-c2ccccc2Cl)c1Cl. The molecule has 1 aromatic heterocycles. The summed E-state index contributed by atoms with van der Waals surface area (Å²) in [6.45, 7) is 1.84. The van der Waals surface area contributed by atoms with Crippen molar-refractivity contribution in [3.8, 4) is 5.69 Å². The first kappa shape index (κ1) is 15.8. The summed E-state index contributed by atoms with van der Waals surface area (Å²) < 4.78 is 1.58. The Balaban J connectivity index is 2.34. The second-order valence-corrected chi connectivity index (χ2v) is 5.28. The number of aryl methyl sites for hydroxylation is 1. The molecular formula is C13H13Cl2N5S. The van der Waals surface area contributed by atoms with Gasteiger partial charge in [0.2, 0.25) is 0 Å². The first-order valence-corrected chi connectivity index (χ1v) is 7.21. The van der Waals surface area contributed by atoms with Crippen molar-refractivity contribution in [3.05, 3.63) is 45.7 Å². The molecule has 0 saturated heterocycles. The van der Waals surface area contributed by atoms with Crippen molar-refractivity contribution in [3.63, 3.8) is 0 Å². The van der Waals surface area contributed by atoms with E-state index in [1.54, 1.807) is 24.0 Å². The lowest BCUT2D eigenvalue weighted by atomic mass is 10.3. The lowest BCUT2D eigenvalue weighted by Gasteiger charge is -2.05. The zero-order valence-corrected chi connectivity index (χ0v) is 13.7. The molecule has 0 saturated carbocycles. The predicted octanol–water partition coefficient (Wildman–Crippen LogP) is 2.92. The van der Waals surface area contributed by atoms with E-state index in [4.69, 9.17) is 35.4 Å². The van der Waals surface area contributed by atoms with Crippen molar-refractivity contribution < 1.29 is 0 Å². The lowest BCUT2D eigenvalue weighted by Crippen LogP contribution is -2.28. The third kappa shape index (κ3) is 3.53. The summed E-state index contributed by atoms with van der Waals surface area (Å²) in [7, 11) is 1.71. The van der Waals surface area contributed by atoms with Crippen LogP contribution in [-0.2, 0) is 0 Å². The quantitative estimate of drug-likeness (QED) is 0.512. The largest absolute Gasteiger partial charge is 0.364 e. The van der Waals surface area contributed by atoms with Gasteiger partial charge in [-0.15, -0.1) is 0 Å². The van der Waals surface area contributed by atoms with E-state index in [-0.39, 0.29) is 0 Å². The number of nitrogens with one attached hydrogen (secondary N) is 2. The van der Waals surface area contributed by atoms with E-state index in [1.165, 1.54) is 0 Å². The predicted molar refractivity (Wildman–Crippen MR) is 90.7 cm³/mol. The summed E-state index contributed by atoms with van der Waals surface area (Å²) in [5, 5.41) is 12.6. The van der Waals surface area contributed by atoms with Crippen LogP contribution in [0.15, 0.2) is 29.4 Å². The molecule has 2 aromatic rings. The van der Waals surface area contributed by atoms with Gasteiger partial charge in [0, 0.05) is 7.05 Å². The fourth-order valence-electron chi connectivity index (χ4n) is 1.65. The summed E-state index contributed by atoms with van der Waals surface area (Å²) in [6, 6.07) is 7.34. The van der Waals surface area contributed by atoms with E-state index in [2.05, 4.69) is 20.9 Å². The van der Waals surface area contributed by atoms with Crippen molar-refractivity contribution in [2.75, 3.05) is 7.05 Å². The summed E-state index contributed by atoms with van der Waals surface area (Å²) >= 11 is 17.5. The molecular weight excluding hydrogens is 329 g/mol. The Hall–Kier alpha value is -1.63. The number of nitrogens with zero attached hydrogens (tertiary/aromatic N) is 3. The van der Waals surface area contributed by atoms with Gasteiger partial charge < -0.3 is 5.32 Å². The Labute approximate surface area is 137 Å². The Morgan fingerprint density at radius 3 is 2.76 bits per heavy atom. The molecule has 5 nitrogen and oxygen atoms in total. The molecule has 21 heavy (non-hydrogen) atoms. The van der Waals surface area contributed by atoms with Crippen LogP contribution in [0.4, 0.5) is 0 Å². The number of hydrogen-bond donors (Lipinski definition) is 2. The molecule has 0 fully saturated rings. The van der Waals surface area contributed by atoms with Crippen LogP contribution in [0.2, 0.25) is 10.2 Å². The highest BCUT2D eigenvalue weighted by atomic mass is 35.5. The van der Waals surface area contributed by atoms with E-state index in [9.17, 15) is 0 Å². The normalized spacial score (nSPS) is 10.9. The fraction of sp³-hybridized carbons (Fsp3) is 0.154. The van der Waals surface area contributed by atoms with Crippen molar-refractivity contribution in [2.24, 2.45) is 5.10 Å². The topological polar surface area (TPSA) is 54.2 Å². The molecule has 1 aromatic carbocycles. The highest BCUT2D eigenvalue weighted by Gasteiger charge is 2.14. The van der Waals surface area contributed by atoms with E-state index >= 15 is 0 Å². The number of hydrazone groups is 1. The lowest BCUT2D eigenvalue weighted by molar-refractivity contribution is 0.863. The van der Waals surface area contributed by atoms with Gasteiger partial charge in [-0.1, -0.05) is 35.3 Å². The first-order chi connectivity index (χ1) is 10.0. The molecule has 0 atom stereocenters. The molecule has 1 heterocycles. The second-order valence-electron chi connectivity index (χ2n) is 4.10. The van der Waals surface area contributed by atoms with Crippen LogP contribution >= 0.6 is 35.4 Å². The minimum absolute atomic E-state index is 0.415. The third-order valence-electron chi connectivity index (χ3n) is 2.72. The van der Waals surface area contributed by atoms with E-state index in [0.29, 0.717) is 26.5 Å². The number of aromatic nitrogens is 2. The van der Waals surface area contributed by atoms with E-state index in [0.717, 1.165) is 5.69 Å². The van der Waals surface area contributed by atoms with Crippen LogP contribution in [0.25, 0.3) is 5.69 Å². The van der Waals surface area contributed by atoms with Crippen LogP contribution in [0.5, 0.6) is 0 Å². The highest BCUT2D eigenvalue weighted by Crippen LogP contribution is 2.26. The third-order valence-corrected chi connectivity index (χ3v) is 3.69. The second kappa shape index (κ2) is 6.89.